The highest BCUT2D eigenvalue weighted by Crippen LogP contribution is 2.25. The van der Waals surface area contributed by atoms with Crippen molar-refractivity contribution >= 4 is 12.0 Å². The fourth-order valence-electron chi connectivity index (χ4n) is 4.79. The Morgan fingerprint density at radius 3 is 2.61 bits per heavy atom. The Morgan fingerprint density at radius 2 is 1.94 bits per heavy atom. The number of carbonyl (C=O) groups is 1. The van der Waals surface area contributed by atoms with Gasteiger partial charge in [-0.15, -0.1) is 0 Å². The lowest BCUT2D eigenvalue weighted by atomic mass is 10.0. The average Bonchev–Trinajstić information content (AvgIpc) is 3.28. The molecule has 3 atom stereocenters. The van der Waals surface area contributed by atoms with Gasteiger partial charge in [0, 0.05) is 37.9 Å². The van der Waals surface area contributed by atoms with Gasteiger partial charge in [0.25, 0.3) is 0 Å². The molecule has 7 heteroatoms. The summed E-state index contributed by atoms with van der Waals surface area (Å²) in [7, 11) is 1.64. The van der Waals surface area contributed by atoms with Gasteiger partial charge in [0.2, 0.25) is 5.91 Å². The van der Waals surface area contributed by atoms with Crippen LogP contribution in [-0.4, -0.2) is 65.4 Å². The third-order valence-electron chi connectivity index (χ3n) is 6.27. The molecule has 2 heterocycles. The molecule has 1 aliphatic heterocycles. The first-order valence-corrected chi connectivity index (χ1v) is 12.5. The molecular formula is C29H36N4O3. The van der Waals surface area contributed by atoms with Crippen LogP contribution in [0, 0.1) is 6.92 Å². The molecule has 1 N–H and O–H groups in total. The molecule has 36 heavy (non-hydrogen) atoms. The van der Waals surface area contributed by atoms with Gasteiger partial charge < -0.3 is 19.4 Å². The van der Waals surface area contributed by atoms with Crippen molar-refractivity contribution in [3.63, 3.8) is 0 Å². The van der Waals surface area contributed by atoms with E-state index in [4.69, 9.17) is 9.47 Å². The van der Waals surface area contributed by atoms with Crippen molar-refractivity contribution in [2.45, 2.75) is 45.4 Å². The topological polar surface area (TPSA) is 68.6 Å². The summed E-state index contributed by atoms with van der Waals surface area (Å²) in [5.41, 5.74) is 3.93. The molecule has 7 nitrogen and oxygen atoms in total. The summed E-state index contributed by atoms with van der Waals surface area (Å²) in [6.45, 7) is 8.66. The lowest BCUT2D eigenvalue weighted by Crippen LogP contribution is -2.51. The normalized spacial score (nSPS) is 19.3. The second kappa shape index (κ2) is 12.0. The van der Waals surface area contributed by atoms with Gasteiger partial charge in [-0.1, -0.05) is 36.4 Å². The van der Waals surface area contributed by atoms with Gasteiger partial charge in [-0.3, -0.25) is 9.69 Å². The van der Waals surface area contributed by atoms with E-state index in [-0.39, 0.29) is 24.2 Å². The second-order valence-electron chi connectivity index (χ2n) is 9.56. The Bertz CT molecular complexity index is 1160. The second-order valence-corrected chi connectivity index (χ2v) is 9.56. The zero-order valence-electron chi connectivity index (χ0n) is 21.6. The van der Waals surface area contributed by atoms with Crippen molar-refractivity contribution in [2.75, 3.05) is 26.7 Å². The standard InChI is InChI=1S/C29H36N4O3/c1-21-16-33(20-30-21)27-12-10-25(15-28(27)35-4)11-13-29(34)31-26(14-24-8-6-5-7-9-24)19-32-17-22(2)36-23(3)18-32/h5-13,15-16,20,22-23,26H,14,17-19H2,1-4H3,(H,31,34)/b13-11+/t22?,23?,26-/m1/s1. The molecule has 1 saturated heterocycles. The van der Waals surface area contributed by atoms with Crippen molar-refractivity contribution in [3.8, 4) is 11.4 Å². The minimum atomic E-state index is -0.112. The first-order valence-electron chi connectivity index (χ1n) is 12.5. The number of benzene rings is 2. The van der Waals surface area contributed by atoms with Crippen molar-refractivity contribution in [2.24, 2.45) is 0 Å². The summed E-state index contributed by atoms with van der Waals surface area (Å²) in [5.74, 6) is 0.603. The predicted octanol–water partition coefficient (Wildman–Crippen LogP) is 4.04. The number of amides is 1. The third-order valence-corrected chi connectivity index (χ3v) is 6.27. The molecule has 1 aromatic heterocycles. The largest absolute Gasteiger partial charge is 0.495 e. The minimum Gasteiger partial charge on any atom is -0.495 e. The van der Waals surface area contributed by atoms with Gasteiger partial charge in [-0.25, -0.2) is 4.98 Å². The molecule has 3 aromatic rings. The number of nitrogens with zero attached hydrogens (tertiary/aromatic N) is 3. The predicted molar refractivity (Wildman–Crippen MR) is 142 cm³/mol. The number of ether oxygens (including phenoxy) is 2. The number of imidazole rings is 1. The molecule has 1 amide bonds. The number of nitrogens with one attached hydrogen (secondary N) is 1. The van der Waals surface area contributed by atoms with Crippen LogP contribution in [0.5, 0.6) is 5.75 Å². The highest BCUT2D eigenvalue weighted by Gasteiger charge is 2.25. The van der Waals surface area contributed by atoms with Gasteiger partial charge >= 0.3 is 0 Å². The number of aryl methyl sites for hydroxylation is 1. The van der Waals surface area contributed by atoms with Crippen LogP contribution in [0.4, 0.5) is 0 Å². The molecule has 1 aliphatic rings. The Balaban J connectivity index is 1.44. The minimum absolute atomic E-state index is 0.0107. The zero-order valence-corrected chi connectivity index (χ0v) is 21.6. The van der Waals surface area contributed by atoms with Crippen LogP contribution in [0.3, 0.4) is 0 Å². The molecule has 0 saturated carbocycles. The van der Waals surface area contributed by atoms with Crippen molar-refractivity contribution < 1.29 is 14.3 Å². The van der Waals surface area contributed by atoms with Crippen molar-refractivity contribution in [1.82, 2.24) is 19.8 Å². The molecule has 0 bridgehead atoms. The first kappa shape index (κ1) is 25.7. The van der Waals surface area contributed by atoms with Gasteiger partial charge in [-0.05, 0) is 56.5 Å². The van der Waals surface area contributed by atoms with E-state index in [9.17, 15) is 4.79 Å². The third kappa shape index (κ3) is 7.06. The molecule has 1 fully saturated rings. The Kier molecular flexibility index (Phi) is 8.57. The summed E-state index contributed by atoms with van der Waals surface area (Å²) in [6.07, 6.45) is 8.27. The number of rotatable bonds is 9. The lowest BCUT2D eigenvalue weighted by molar-refractivity contribution is -0.117. The lowest BCUT2D eigenvalue weighted by Gasteiger charge is -2.37. The Hall–Kier alpha value is -3.42. The van der Waals surface area contributed by atoms with Crippen molar-refractivity contribution in [3.05, 3.63) is 84.0 Å². The quantitative estimate of drug-likeness (QED) is 0.461. The number of hydrogen-bond donors (Lipinski definition) is 1. The van der Waals surface area contributed by atoms with Crippen LogP contribution >= 0.6 is 0 Å². The van der Waals surface area contributed by atoms with Crippen LogP contribution < -0.4 is 10.1 Å². The van der Waals surface area contributed by atoms with Gasteiger partial charge in [0.1, 0.15) is 5.75 Å². The first-order chi connectivity index (χ1) is 17.4. The zero-order chi connectivity index (χ0) is 25.5. The summed E-state index contributed by atoms with van der Waals surface area (Å²) in [5, 5.41) is 3.23. The highest BCUT2D eigenvalue weighted by atomic mass is 16.5. The van der Waals surface area contributed by atoms with Crippen LogP contribution in [0.25, 0.3) is 11.8 Å². The molecule has 0 aliphatic carbocycles. The van der Waals surface area contributed by atoms with Crippen LogP contribution in [0.1, 0.15) is 30.7 Å². The van der Waals surface area contributed by atoms with Gasteiger partial charge in [0.05, 0.1) is 37.0 Å². The van der Waals surface area contributed by atoms with Crippen LogP contribution in [0.15, 0.2) is 67.1 Å². The van der Waals surface area contributed by atoms with E-state index < -0.39 is 0 Å². The summed E-state index contributed by atoms with van der Waals surface area (Å²) in [4.78, 5) is 19.6. The van der Waals surface area contributed by atoms with Gasteiger partial charge in [-0.2, -0.15) is 0 Å². The smallest absolute Gasteiger partial charge is 0.244 e. The maximum Gasteiger partial charge on any atom is 0.244 e. The maximum absolute atomic E-state index is 12.9. The molecule has 190 valence electrons. The van der Waals surface area contributed by atoms with Gasteiger partial charge in [0.15, 0.2) is 0 Å². The van der Waals surface area contributed by atoms with Crippen LogP contribution in [-0.2, 0) is 16.0 Å². The fourth-order valence-corrected chi connectivity index (χ4v) is 4.79. The SMILES string of the molecule is COc1cc(/C=C/C(=O)N[C@H](Cc2ccccc2)CN2CC(C)OC(C)C2)ccc1-n1cnc(C)c1. The molecule has 2 unspecified atom stereocenters. The average molecular weight is 489 g/mol. The monoisotopic (exact) mass is 488 g/mol. The Labute approximate surface area is 213 Å². The maximum atomic E-state index is 12.9. The van der Waals surface area contributed by atoms with E-state index in [2.05, 4.69) is 41.2 Å². The molecule has 0 radical (unpaired) electrons. The molecule has 2 aromatic carbocycles. The van der Waals surface area contributed by atoms with E-state index in [0.29, 0.717) is 5.75 Å². The van der Waals surface area contributed by atoms with Crippen molar-refractivity contribution in [1.29, 1.82) is 0 Å². The fraction of sp³-hybridized carbons (Fsp3) is 0.379. The Morgan fingerprint density at radius 1 is 1.19 bits per heavy atom. The van der Waals surface area contributed by atoms with E-state index in [1.807, 2.05) is 60.2 Å². The summed E-state index contributed by atoms with van der Waals surface area (Å²) >= 11 is 0. The summed E-state index contributed by atoms with van der Waals surface area (Å²) in [6, 6.07) is 16.1. The number of methoxy groups -OCH3 is 1. The number of aromatic nitrogens is 2. The van der Waals surface area contributed by atoms with E-state index in [0.717, 1.165) is 43.0 Å². The van der Waals surface area contributed by atoms with Crippen LogP contribution in [0.2, 0.25) is 0 Å². The van der Waals surface area contributed by atoms with E-state index in [1.54, 1.807) is 19.5 Å². The number of hydrogen-bond acceptors (Lipinski definition) is 5. The molecule has 0 spiro atoms. The summed E-state index contributed by atoms with van der Waals surface area (Å²) < 4.78 is 13.4. The number of carbonyl (C=O) groups excluding carboxylic acids is 1. The molecular weight excluding hydrogens is 452 g/mol. The van der Waals surface area contributed by atoms with E-state index >= 15 is 0 Å². The molecule has 4 rings (SSSR count). The van der Waals surface area contributed by atoms with E-state index in [1.165, 1.54) is 5.56 Å². The number of morpholine rings is 1. The highest BCUT2D eigenvalue weighted by molar-refractivity contribution is 5.92.